The Morgan fingerprint density at radius 2 is 1.50 bits per heavy atom. The molecule has 8 heteroatoms. The first-order valence-electron chi connectivity index (χ1n) is 11.0. The number of hydrogen-bond donors (Lipinski definition) is 1. The van der Waals surface area contributed by atoms with Crippen molar-refractivity contribution >= 4 is 37.7 Å². The molecule has 0 aliphatic carbocycles. The number of nitrogens with zero attached hydrogens (tertiary/aromatic N) is 2. The van der Waals surface area contributed by atoms with Crippen molar-refractivity contribution in [3.8, 4) is 22.5 Å². The molecule has 5 nitrogen and oxygen atoms in total. The maximum absolute atomic E-state index is 12.6. The predicted molar refractivity (Wildman–Crippen MR) is 144 cm³/mol. The van der Waals surface area contributed by atoms with E-state index in [1.165, 1.54) is 0 Å². The molecule has 0 radical (unpaired) electrons. The van der Waals surface area contributed by atoms with E-state index in [1.54, 1.807) is 36.0 Å². The second-order valence-corrected chi connectivity index (χ2v) is 11.7. The molecule has 0 bridgehead atoms. The van der Waals surface area contributed by atoms with Crippen molar-refractivity contribution in [3.05, 3.63) is 89.4 Å². The number of aromatic nitrogens is 2. The van der Waals surface area contributed by atoms with Gasteiger partial charge >= 0.3 is 0 Å². The second kappa shape index (κ2) is 10.9. The number of hydrogen-bond acceptors (Lipinski definition) is 4. The molecule has 1 heterocycles. The van der Waals surface area contributed by atoms with Crippen LogP contribution in [0.4, 0.5) is 0 Å². The van der Waals surface area contributed by atoms with Gasteiger partial charge in [0.2, 0.25) is 10.0 Å². The molecular weight excluding hydrogens is 530 g/mol. The van der Waals surface area contributed by atoms with Gasteiger partial charge in [0.05, 0.1) is 16.3 Å². The van der Waals surface area contributed by atoms with Crippen LogP contribution in [0, 0.1) is 0 Å². The lowest BCUT2D eigenvalue weighted by atomic mass is 10.0. The Kier molecular flexibility index (Phi) is 7.93. The van der Waals surface area contributed by atoms with E-state index in [4.69, 9.17) is 4.98 Å². The summed E-state index contributed by atoms with van der Waals surface area (Å²) in [6.45, 7) is 4.59. The highest BCUT2D eigenvalue weighted by Gasteiger charge is 2.22. The predicted octanol–water partition coefficient (Wildman–Crippen LogP) is 6.63. The van der Waals surface area contributed by atoms with E-state index in [0.29, 0.717) is 12.3 Å². The zero-order valence-corrected chi connectivity index (χ0v) is 22.2. The monoisotopic (exact) mass is 555 g/mol. The molecule has 1 N–H and O–H groups in total. The number of sulfonamides is 1. The van der Waals surface area contributed by atoms with Crippen LogP contribution in [0.3, 0.4) is 0 Å². The van der Waals surface area contributed by atoms with E-state index >= 15 is 0 Å². The van der Waals surface area contributed by atoms with Gasteiger partial charge in [-0.2, -0.15) is 0 Å². The number of nitrogens with one attached hydrogen (secondary N) is 1. The van der Waals surface area contributed by atoms with Crippen LogP contribution in [-0.2, 0) is 10.0 Å². The number of imidazole rings is 1. The van der Waals surface area contributed by atoms with Crippen LogP contribution in [-0.4, -0.2) is 30.3 Å². The van der Waals surface area contributed by atoms with Crippen LogP contribution in [0.5, 0.6) is 0 Å². The third kappa shape index (κ3) is 5.63. The van der Waals surface area contributed by atoms with E-state index in [2.05, 4.69) is 63.3 Å². The first kappa shape index (κ1) is 24.7. The number of rotatable bonds is 9. The summed E-state index contributed by atoms with van der Waals surface area (Å²) in [5.74, 6) is 0.557. The first-order chi connectivity index (χ1) is 16.4. The van der Waals surface area contributed by atoms with Gasteiger partial charge in [0, 0.05) is 33.9 Å². The molecular formula is C26H26BrN3O2S2. The van der Waals surface area contributed by atoms with E-state index in [9.17, 15) is 8.42 Å². The van der Waals surface area contributed by atoms with Crippen molar-refractivity contribution in [1.82, 2.24) is 14.3 Å². The van der Waals surface area contributed by atoms with Crippen molar-refractivity contribution in [2.24, 2.45) is 0 Å². The molecule has 0 fully saturated rings. The molecule has 4 rings (SSSR count). The van der Waals surface area contributed by atoms with E-state index in [0.717, 1.165) is 32.1 Å². The van der Waals surface area contributed by atoms with Crippen LogP contribution in [0.15, 0.2) is 99.5 Å². The van der Waals surface area contributed by atoms with Crippen molar-refractivity contribution in [3.63, 3.8) is 0 Å². The van der Waals surface area contributed by atoms with Gasteiger partial charge in [-0.3, -0.25) is 0 Å². The molecule has 0 saturated carbocycles. The smallest absolute Gasteiger partial charge is 0.240 e. The van der Waals surface area contributed by atoms with Gasteiger partial charge in [0.15, 0.2) is 5.16 Å². The van der Waals surface area contributed by atoms with E-state index < -0.39 is 10.0 Å². The zero-order chi connectivity index (χ0) is 24.1. The summed E-state index contributed by atoms with van der Waals surface area (Å²) in [5, 5.41) is 0.871. The largest absolute Gasteiger partial charge is 0.316 e. The lowest BCUT2D eigenvalue weighted by Crippen LogP contribution is -2.26. The van der Waals surface area contributed by atoms with Gasteiger partial charge in [-0.05, 0) is 38.1 Å². The third-order valence-corrected chi connectivity index (χ3v) is 8.20. The van der Waals surface area contributed by atoms with Crippen molar-refractivity contribution in [1.29, 1.82) is 0 Å². The van der Waals surface area contributed by atoms with Crippen molar-refractivity contribution in [2.75, 3.05) is 12.3 Å². The molecule has 4 aromatic rings. The van der Waals surface area contributed by atoms with Crippen LogP contribution < -0.4 is 4.72 Å². The quantitative estimate of drug-likeness (QED) is 0.186. The Morgan fingerprint density at radius 1 is 0.912 bits per heavy atom. The molecule has 0 aliphatic rings. The molecule has 0 atom stereocenters. The summed E-state index contributed by atoms with van der Waals surface area (Å²) in [4.78, 5) is 5.28. The van der Waals surface area contributed by atoms with Crippen molar-refractivity contribution < 1.29 is 8.42 Å². The summed E-state index contributed by atoms with van der Waals surface area (Å²) in [5.41, 5.74) is 4.15. The summed E-state index contributed by atoms with van der Waals surface area (Å²) in [7, 11) is -3.56. The molecule has 1 aromatic heterocycles. The minimum atomic E-state index is -3.56. The summed E-state index contributed by atoms with van der Waals surface area (Å²) in [6.07, 6.45) is 0. The van der Waals surface area contributed by atoms with Gasteiger partial charge < -0.3 is 4.57 Å². The molecule has 0 unspecified atom stereocenters. The third-order valence-electron chi connectivity index (χ3n) is 5.24. The fourth-order valence-corrected chi connectivity index (χ4v) is 6.09. The van der Waals surface area contributed by atoms with Crippen LogP contribution >= 0.6 is 27.7 Å². The highest BCUT2D eigenvalue weighted by molar-refractivity contribution is 9.10. The molecule has 0 aliphatic heterocycles. The van der Waals surface area contributed by atoms with Gasteiger partial charge in [-0.25, -0.2) is 18.1 Å². The first-order valence-corrected chi connectivity index (χ1v) is 14.2. The molecule has 34 heavy (non-hydrogen) atoms. The lowest BCUT2D eigenvalue weighted by molar-refractivity contribution is 0.555. The lowest BCUT2D eigenvalue weighted by Gasteiger charge is -2.16. The summed E-state index contributed by atoms with van der Waals surface area (Å²) in [6, 6.07) is 27.2. The minimum Gasteiger partial charge on any atom is -0.316 e. The fourth-order valence-electron chi connectivity index (χ4n) is 3.68. The molecule has 0 spiro atoms. The number of thioether (sulfide) groups is 1. The number of benzene rings is 3. The Balaban J connectivity index is 1.59. The molecule has 0 amide bonds. The Bertz CT molecular complexity index is 1340. The minimum absolute atomic E-state index is 0.183. The van der Waals surface area contributed by atoms with E-state index in [1.807, 2.05) is 36.4 Å². The molecule has 176 valence electrons. The van der Waals surface area contributed by atoms with Crippen LogP contribution in [0.1, 0.15) is 19.9 Å². The maximum Gasteiger partial charge on any atom is 0.240 e. The molecule has 3 aromatic carbocycles. The number of halogens is 1. The van der Waals surface area contributed by atoms with Gasteiger partial charge in [-0.1, -0.05) is 88.4 Å². The Morgan fingerprint density at radius 3 is 2.09 bits per heavy atom. The fraction of sp³-hybridized carbons (Fsp3) is 0.192. The highest BCUT2D eigenvalue weighted by Crippen LogP contribution is 2.38. The highest BCUT2D eigenvalue weighted by atomic mass is 79.9. The van der Waals surface area contributed by atoms with Crippen LogP contribution in [0.2, 0.25) is 0 Å². The second-order valence-electron chi connectivity index (χ2n) is 7.99. The maximum atomic E-state index is 12.6. The SMILES string of the molecule is CC(C)n1c(SCCNS(=O)(=O)c2ccc(Br)cc2)nc(-c2ccccc2)c1-c1ccccc1. The molecule has 0 saturated heterocycles. The van der Waals surface area contributed by atoms with Crippen molar-refractivity contribution in [2.45, 2.75) is 29.9 Å². The van der Waals surface area contributed by atoms with Gasteiger partial charge in [0.25, 0.3) is 0 Å². The average Bonchev–Trinajstić information content (AvgIpc) is 3.23. The zero-order valence-electron chi connectivity index (χ0n) is 19.0. The summed E-state index contributed by atoms with van der Waals surface area (Å²) < 4.78 is 31.0. The Labute approximate surface area is 213 Å². The van der Waals surface area contributed by atoms with Gasteiger partial charge in [-0.15, -0.1) is 0 Å². The van der Waals surface area contributed by atoms with E-state index in [-0.39, 0.29) is 10.9 Å². The van der Waals surface area contributed by atoms with Crippen LogP contribution in [0.25, 0.3) is 22.5 Å². The summed E-state index contributed by atoms with van der Waals surface area (Å²) >= 11 is 4.89. The van der Waals surface area contributed by atoms with Gasteiger partial charge in [0.1, 0.15) is 0 Å². The Hall–Kier alpha value is -2.39. The topological polar surface area (TPSA) is 64.0 Å². The average molecular weight is 557 g/mol. The normalized spacial score (nSPS) is 11.8. The standard InChI is InChI=1S/C26H26BrN3O2S2/c1-19(2)30-25(21-11-7-4-8-12-21)24(20-9-5-3-6-10-20)29-26(30)33-18-17-28-34(31,32)23-15-13-22(27)14-16-23/h3-16,19,28H,17-18H2,1-2H3.